The molecule has 3 heteroatoms. The van der Waals surface area contributed by atoms with E-state index in [-0.39, 0.29) is 11.3 Å². The third-order valence-electron chi connectivity index (χ3n) is 2.84. The van der Waals surface area contributed by atoms with Crippen molar-refractivity contribution in [3.63, 3.8) is 0 Å². The van der Waals surface area contributed by atoms with E-state index in [2.05, 4.69) is 0 Å². The molecule has 1 aromatic carbocycles. The molecule has 1 aromatic heterocycles. The number of aromatic hydroxyl groups is 1. The third-order valence-corrected chi connectivity index (χ3v) is 2.84. The Kier molecular flexibility index (Phi) is 2.03. The Morgan fingerprint density at radius 1 is 1.13 bits per heavy atom. The molecule has 0 radical (unpaired) electrons. The van der Waals surface area contributed by atoms with Crippen LogP contribution in [-0.2, 0) is 7.05 Å². The molecule has 0 saturated carbocycles. The zero-order valence-corrected chi connectivity index (χ0v) is 9.03. The Labute approximate surface area is 87.6 Å². The zero-order chi connectivity index (χ0) is 11.2. The van der Waals surface area contributed by atoms with Crippen LogP contribution in [-0.4, -0.2) is 9.67 Å². The van der Waals surface area contributed by atoms with E-state index < -0.39 is 0 Å². The van der Waals surface area contributed by atoms with Crippen LogP contribution < -0.4 is 5.56 Å². The van der Waals surface area contributed by atoms with Gasteiger partial charge in [0.2, 0.25) is 0 Å². The lowest BCUT2D eigenvalue weighted by molar-refractivity contribution is 0.479. The molecule has 0 bridgehead atoms. The van der Waals surface area contributed by atoms with Gasteiger partial charge in [0.15, 0.2) is 0 Å². The van der Waals surface area contributed by atoms with Crippen LogP contribution in [0.5, 0.6) is 5.75 Å². The minimum absolute atomic E-state index is 0.0520. The van der Waals surface area contributed by atoms with Gasteiger partial charge in [-0.05, 0) is 37.1 Å². The number of benzene rings is 1. The normalized spacial score (nSPS) is 10.9. The second-order valence-electron chi connectivity index (χ2n) is 3.88. The predicted octanol–water partition coefficient (Wildman–Crippen LogP) is 1.86. The molecular weight excluding hydrogens is 190 g/mol. The van der Waals surface area contributed by atoms with Crippen molar-refractivity contribution in [1.29, 1.82) is 0 Å². The van der Waals surface area contributed by atoms with Gasteiger partial charge in [0, 0.05) is 18.5 Å². The highest BCUT2D eigenvalue weighted by Gasteiger charge is 2.06. The molecule has 0 spiro atoms. The van der Waals surface area contributed by atoms with Gasteiger partial charge in [-0.2, -0.15) is 0 Å². The zero-order valence-electron chi connectivity index (χ0n) is 9.03. The topological polar surface area (TPSA) is 42.2 Å². The highest BCUT2D eigenvalue weighted by atomic mass is 16.3. The van der Waals surface area contributed by atoms with E-state index in [1.807, 2.05) is 26.0 Å². The highest BCUT2D eigenvalue weighted by molar-refractivity contribution is 5.86. The van der Waals surface area contributed by atoms with Gasteiger partial charge in [-0.3, -0.25) is 4.79 Å². The van der Waals surface area contributed by atoms with E-state index in [0.717, 1.165) is 22.0 Å². The van der Waals surface area contributed by atoms with Gasteiger partial charge in [0.1, 0.15) is 5.75 Å². The average Bonchev–Trinajstić information content (AvgIpc) is 2.18. The fraction of sp³-hybridized carbons (Fsp3) is 0.250. The Bertz CT molecular complexity index is 597. The van der Waals surface area contributed by atoms with Crippen molar-refractivity contribution in [3.8, 4) is 5.75 Å². The number of rotatable bonds is 0. The molecule has 0 aliphatic rings. The van der Waals surface area contributed by atoms with Crippen molar-refractivity contribution in [2.75, 3.05) is 0 Å². The van der Waals surface area contributed by atoms with E-state index in [0.29, 0.717) is 0 Å². The summed E-state index contributed by atoms with van der Waals surface area (Å²) < 4.78 is 1.54. The number of aromatic nitrogens is 1. The van der Waals surface area contributed by atoms with Gasteiger partial charge in [0.25, 0.3) is 5.56 Å². The summed E-state index contributed by atoms with van der Waals surface area (Å²) in [6.07, 6.45) is 0. The van der Waals surface area contributed by atoms with E-state index in [1.165, 1.54) is 6.07 Å². The van der Waals surface area contributed by atoms with E-state index in [1.54, 1.807) is 11.6 Å². The molecule has 0 atom stereocenters. The maximum absolute atomic E-state index is 11.5. The maximum Gasteiger partial charge on any atom is 0.254 e. The summed E-state index contributed by atoms with van der Waals surface area (Å²) in [5, 5.41) is 10.4. The van der Waals surface area contributed by atoms with Crippen molar-refractivity contribution < 1.29 is 5.11 Å². The van der Waals surface area contributed by atoms with Gasteiger partial charge >= 0.3 is 0 Å². The summed E-state index contributed by atoms with van der Waals surface area (Å²) in [5.74, 6) is 0.0520. The summed E-state index contributed by atoms with van der Waals surface area (Å²) in [6, 6.07) is 5.07. The first kappa shape index (κ1) is 9.77. The minimum Gasteiger partial charge on any atom is -0.507 e. The van der Waals surface area contributed by atoms with Crippen molar-refractivity contribution >= 4 is 10.9 Å². The average molecular weight is 203 g/mol. The molecule has 0 aliphatic heterocycles. The quantitative estimate of drug-likeness (QED) is 0.710. The number of fused-ring (bicyclic) bond motifs is 1. The fourth-order valence-corrected chi connectivity index (χ4v) is 1.69. The molecule has 2 rings (SSSR count). The summed E-state index contributed by atoms with van der Waals surface area (Å²) >= 11 is 0. The van der Waals surface area contributed by atoms with E-state index in [9.17, 15) is 9.90 Å². The second-order valence-corrected chi connectivity index (χ2v) is 3.88. The predicted molar refractivity (Wildman–Crippen MR) is 60.3 cm³/mol. The summed E-state index contributed by atoms with van der Waals surface area (Å²) in [4.78, 5) is 11.5. The van der Waals surface area contributed by atoms with Crippen LogP contribution in [0.3, 0.4) is 0 Å². The number of aryl methyl sites for hydroxylation is 3. The maximum atomic E-state index is 11.5. The van der Waals surface area contributed by atoms with Crippen molar-refractivity contribution in [3.05, 3.63) is 39.7 Å². The molecule has 0 saturated heterocycles. The molecule has 0 amide bonds. The van der Waals surface area contributed by atoms with Crippen molar-refractivity contribution in [2.45, 2.75) is 13.8 Å². The first-order valence-corrected chi connectivity index (χ1v) is 4.80. The molecule has 1 N–H and O–H groups in total. The van der Waals surface area contributed by atoms with Crippen molar-refractivity contribution in [2.24, 2.45) is 7.05 Å². The standard InChI is InChI=1S/C12H13NO2/c1-7-4-9-10(5-8(7)2)13(3)12(15)6-11(9)14/h4-6,14H,1-3H3. The lowest BCUT2D eigenvalue weighted by atomic mass is 10.1. The molecule has 3 nitrogen and oxygen atoms in total. The SMILES string of the molecule is Cc1cc2c(O)cc(=O)n(C)c2cc1C. The molecule has 0 fully saturated rings. The highest BCUT2D eigenvalue weighted by Crippen LogP contribution is 2.24. The first-order valence-electron chi connectivity index (χ1n) is 4.80. The van der Waals surface area contributed by atoms with Gasteiger partial charge in [-0.25, -0.2) is 0 Å². The number of nitrogens with zero attached hydrogens (tertiary/aromatic N) is 1. The lowest BCUT2D eigenvalue weighted by Gasteiger charge is -2.09. The molecule has 1 heterocycles. The largest absolute Gasteiger partial charge is 0.507 e. The second kappa shape index (κ2) is 3.12. The van der Waals surface area contributed by atoms with Crippen LogP contribution >= 0.6 is 0 Å². The minimum atomic E-state index is -0.191. The van der Waals surface area contributed by atoms with Crippen LogP contribution in [0.1, 0.15) is 11.1 Å². The van der Waals surface area contributed by atoms with Crippen LogP contribution in [0, 0.1) is 13.8 Å². The fourth-order valence-electron chi connectivity index (χ4n) is 1.69. The van der Waals surface area contributed by atoms with Crippen molar-refractivity contribution in [1.82, 2.24) is 4.57 Å². The summed E-state index contributed by atoms with van der Waals surface area (Å²) in [6.45, 7) is 3.97. The Morgan fingerprint density at radius 2 is 1.73 bits per heavy atom. The molecular formula is C12H13NO2. The monoisotopic (exact) mass is 203 g/mol. The molecule has 0 unspecified atom stereocenters. The Morgan fingerprint density at radius 3 is 2.40 bits per heavy atom. The molecule has 78 valence electrons. The Hall–Kier alpha value is -1.77. The lowest BCUT2D eigenvalue weighted by Crippen LogP contribution is -2.15. The van der Waals surface area contributed by atoms with Crippen LogP contribution in [0.25, 0.3) is 10.9 Å². The number of pyridine rings is 1. The van der Waals surface area contributed by atoms with Crippen LogP contribution in [0.2, 0.25) is 0 Å². The van der Waals surface area contributed by atoms with Gasteiger partial charge in [-0.1, -0.05) is 0 Å². The van der Waals surface area contributed by atoms with E-state index in [4.69, 9.17) is 0 Å². The molecule has 2 aromatic rings. The molecule has 0 aliphatic carbocycles. The third kappa shape index (κ3) is 1.40. The van der Waals surface area contributed by atoms with Crippen LogP contribution in [0.4, 0.5) is 0 Å². The van der Waals surface area contributed by atoms with Gasteiger partial charge in [0.05, 0.1) is 5.52 Å². The summed E-state index contributed by atoms with van der Waals surface area (Å²) in [5.41, 5.74) is 2.80. The number of hydrogen-bond donors (Lipinski definition) is 1. The van der Waals surface area contributed by atoms with Gasteiger partial charge in [-0.15, -0.1) is 0 Å². The molecule has 15 heavy (non-hydrogen) atoms. The number of hydrogen-bond acceptors (Lipinski definition) is 2. The van der Waals surface area contributed by atoms with E-state index >= 15 is 0 Å². The smallest absolute Gasteiger partial charge is 0.254 e. The Balaban J connectivity index is 3.04. The summed E-state index contributed by atoms with van der Waals surface area (Å²) in [7, 11) is 1.71. The first-order chi connectivity index (χ1) is 7.00. The van der Waals surface area contributed by atoms with Gasteiger partial charge < -0.3 is 9.67 Å². The van der Waals surface area contributed by atoms with Crippen LogP contribution in [0.15, 0.2) is 23.0 Å².